The topological polar surface area (TPSA) is 69.7 Å². The van der Waals surface area contributed by atoms with E-state index in [1.165, 1.54) is 14.2 Å². The number of hydrogen-bond donors (Lipinski definition) is 0. The molecule has 4 unspecified atom stereocenters. The molecule has 1 saturated heterocycles. The molecule has 5 rings (SSSR count). The predicted octanol–water partition coefficient (Wildman–Crippen LogP) is 1.88. The summed E-state index contributed by atoms with van der Waals surface area (Å²) in [4.78, 5) is 38.3. The van der Waals surface area contributed by atoms with Gasteiger partial charge in [-0.05, 0) is 31.6 Å². The maximum atomic E-state index is 12.9. The molecule has 4 saturated carbocycles. The number of Topliss-reactive ketones (excluding diaryl/α,β-unsaturated/α-hetero) is 1. The summed E-state index contributed by atoms with van der Waals surface area (Å²) < 4.78 is 9.93. The average molecular weight is 356 g/mol. The summed E-state index contributed by atoms with van der Waals surface area (Å²) in [6.45, 7) is 0. The summed E-state index contributed by atoms with van der Waals surface area (Å²) in [5.41, 5.74) is -1.88. The van der Waals surface area contributed by atoms with Gasteiger partial charge < -0.3 is 9.47 Å². The molecule has 4 aliphatic carbocycles. The van der Waals surface area contributed by atoms with Gasteiger partial charge in [-0.3, -0.25) is 14.4 Å². The zero-order valence-corrected chi connectivity index (χ0v) is 14.9. The first-order valence-electron chi connectivity index (χ1n) is 7.95. The highest BCUT2D eigenvalue weighted by Gasteiger charge is 2.78. The number of ketones is 1. The molecule has 0 aromatic heterocycles. The van der Waals surface area contributed by atoms with Gasteiger partial charge in [0.05, 0.1) is 23.7 Å². The number of carbonyl (C=O) groups is 3. The number of thioether (sulfide) groups is 2. The number of rotatable bonds is 2. The quantitative estimate of drug-likeness (QED) is 0.553. The van der Waals surface area contributed by atoms with Crippen LogP contribution in [0.25, 0.3) is 0 Å². The largest absolute Gasteiger partial charge is 0.469 e. The number of esters is 2. The van der Waals surface area contributed by atoms with Crippen molar-refractivity contribution < 1.29 is 23.9 Å². The van der Waals surface area contributed by atoms with E-state index in [-0.39, 0.29) is 34.1 Å². The molecule has 0 aromatic rings. The molecule has 4 bridgehead atoms. The lowest BCUT2D eigenvalue weighted by atomic mass is 9.43. The Bertz CT molecular complexity index is 599. The van der Waals surface area contributed by atoms with Gasteiger partial charge in [0, 0.05) is 17.4 Å². The Morgan fingerprint density at radius 2 is 1.74 bits per heavy atom. The van der Waals surface area contributed by atoms with Crippen molar-refractivity contribution in [3.63, 3.8) is 0 Å². The molecule has 1 spiro atoms. The summed E-state index contributed by atoms with van der Waals surface area (Å²) in [7, 11) is 2.74. The van der Waals surface area contributed by atoms with E-state index in [9.17, 15) is 14.4 Å². The number of carbonyl (C=O) groups excluding carboxylic acids is 3. The Balaban J connectivity index is 1.89. The molecule has 5 fully saturated rings. The van der Waals surface area contributed by atoms with Crippen LogP contribution in [0.2, 0.25) is 0 Å². The van der Waals surface area contributed by atoms with Crippen molar-refractivity contribution >= 4 is 41.2 Å². The first kappa shape index (κ1) is 15.8. The molecule has 23 heavy (non-hydrogen) atoms. The van der Waals surface area contributed by atoms with Gasteiger partial charge in [-0.1, -0.05) is 0 Å². The second-order valence-electron chi connectivity index (χ2n) is 7.09. The summed E-state index contributed by atoms with van der Waals surface area (Å²) in [5, 5.41) is 0. The minimum atomic E-state index is -1.14. The molecule has 1 heterocycles. The van der Waals surface area contributed by atoms with Crippen molar-refractivity contribution in [1.29, 1.82) is 0 Å². The standard InChI is InChI=1S/C16H20O5S2/c1-20-12(18)14-7-10-5-9(11(14)17)6-15(8-14,13(19)21-2)16(10)22-3-4-23-16/h9-10H,3-8H2,1-2H3. The zero-order valence-electron chi connectivity index (χ0n) is 13.3. The minimum absolute atomic E-state index is 0.0111. The van der Waals surface area contributed by atoms with Gasteiger partial charge in [0.25, 0.3) is 0 Å². The van der Waals surface area contributed by atoms with Gasteiger partial charge in [0.15, 0.2) is 5.78 Å². The van der Waals surface area contributed by atoms with Crippen LogP contribution in [0.5, 0.6) is 0 Å². The van der Waals surface area contributed by atoms with Crippen LogP contribution in [-0.4, -0.2) is 47.5 Å². The summed E-state index contributed by atoms with van der Waals surface area (Å²) in [6, 6.07) is 0. The summed E-state index contributed by atoms with van der Waals surface area (Å²) >= 11 is 3.68. The lowest BCUT2D eigenvalue weighted by molar-refractivity contribution is -0.192. The molecule has 7 heteroatoms. The smallest absolute Gasteiger partial charge is 0.319 e. The first-order valence-corrected chi connectivity index (χ1v) is 9.92. The van der Waals surface area contributed by atoms with Crippen LogP contribution >= 0.6 is 23.5 Å². The molecule has 4 atom stereocenters. The van der Waals surface area contributed by atoms with Crippen LogP contribution in [-0.2, 0) is 23.9 Å². The number of ether oxygens (including phenoxy) is 2. The second kappa shape index (κ2) is 4.91. The van der Waals surface area contributed by atoms with Crippen LogP contribution in [0.1, 0.15) is 25.7 Å². The zero-order chi connectivity index (χ0) is 16.5. The molecule has 5 aliphatic rings. The second-order valence-corrected chi connectivity index (χ2v) is 10.0. The first-order chi connectivity index (χ1) is 11.0. The maximum Gasteiger partial charge on any atom is 0.319 e. The Kier molecular flexibility index (Phi) is 3.38. The van der Waals surface area contributed by atoms with Crippen molar-refractivity contribution in [3.8, 4) is 0 Å². The SMILES string of the molecule is COC(=O)C12CC3CC(CC(C(=O)OC)(C1)C31SCCS1)C2=O. The maximum absolute atomic E-state index is 12.9. The van der Waals surface area contributed by atoms with E-state index >= 15 is 0 Å². The van der Waals surface area contributed by atoms with Gasteiger partial charge in [0.2, 0.25) is 0 Å². The fraction of sp³-hybridized carbons (Fsp3) is 0.812. The lowest BCUT2D eigenvalue weighted by Gasteiger charge is -2.65. The van der Waals surface area contributed by atoms with Gasteiger partial charge in [-0.15, -0.1) is 23.5 Å². The van der Waals surface area contributed by atoms with Gasteiger partial charge in [-0.25, -0.2) is 0 Å². The molecular formula is C16H20O5S2. The van der Waals surface area contributed by atoms with Gasteiger partial charge >= 0.3 is 11.9 Å². The highest BCUT2D eigenvalue weighted by Crippen LogP contribution is 2.76. The normalized spacial score (nSPS) is 43.0. The van der Waals surface area contributed by atoms with E-state index < -0.39 is 16.8 Å². The molecule has 0 radical (unpaired) electrons. The van der Waals surface area contributed by atoms with Crippen LogP contribution in [0, 0.1) is 22.7 Å². The van der Waals surface area contributed by atoms with Crippen LogP contribution in [0.4, 0.5) is 0 Å². The Hall–Kier alpha value is -0.690. The van der Waals surface area contributed by atoms with Crippen molar-refractivity contribution in [1.82, 2.24) is 0 Å². The molecule has 0 N–H and O–H groups in total. The van der Waals surface area contributed by atoms with Crippen molar-refractivity contribution in [2.75, 3.05) is 25.7 Å². The fourth-order valence-corrected chi connectivity index (χ4v) is 9.59. The third kappa shape index (κ3) is 1.65. The molecule has 0 aromatic carbocycles. The summed E-state index contributed by atoms with van der Waals surface area (Å²) in [6.07, 6.45) is 2.09. The number of hydrogen-bond acceptors (Lipinski definition) is 7. The monoisotopic (exact) mass is 356 g/mol. The highest BCUT2D eigenvalue weighted by atomic mass is 32.2. The Morgan fingerprint density at radius 3 is 2.35 bits per heavy atom. The average Bonchev–Trinajstić information content (AvgIpc) is 3.03. The van der Waals surface area contributed by atoms with Crippen LogP contribution in [0.15, 0.2) is 0 Å². The Morgan fingerprint density at radius 1 is 1.09 bits per heavy atom. The predicted molar refractivity (Wildman–Crippen MR) is 87.0 cm³/mol. The molecule has 126 valence electrons. The molecule has 0 amide bonds. The highest BCUT2D eigenvalue weighted by molar-refractivity contribution is 8.21. The minimum Gasteiger partial charge on any atom is -0.469 e. The van der Waals surface area contributed by atoms with Gasteiger partial charge in [0.1, 0.15) is 5.41 Å². The van der Waals surface area contributed by atoms with Crippen LogP contribution in [0.3, 0.4) is 0 Å². The van der Waals surface area contributed by atoms with Crippen molar-refractivity contribution in [3.05, 3.63) is 0 Å². The third-order valence-corrected chi connectivity index (χ3v) is 10.4. The molecule has 1 aliphatic heterocycles. The van der Waals surface area contributed by atoms with Crippen LogP contribution < -0.4 is 0 Å². The van der Waals surface area contributed by atoms with E-state index in [0.29, 0.717) is 12.8 Å². The van der Waals surface area contributed by atoms with Gasteiger partial charge in [-0.2, -0.15) is 0 Å². The van der Waals surface area contributed by atoms with Crippen molar-refractivity contribution in [2.24, 2.45) is 22.7 Å². The van der Waals surface area contributed by atoms with E-state index in [4.69, 9.17) is 9.47 Å². The molecular weight excluding hydrogens is 336 g/mol. The summed E-state index contributed by atoms with van der Waals surface area (Å²) in [5.74, 6) is 1.25. The van der Waals surface area contributed by atoms with E-state index in [2.05, 4.69) is 0 Å². The lowest BCUT2D eigenvalue weighted by Crippen LogP contribution is -2.71. The van der Waals surface area contributed by atoms with E-state index in [1.807, 2.05) is 23.5 Å². The number of methoxy groups -OCH3 is 2. The van der Waals surface area contributed by atoms with E-state index in [1.54, 1.807) is 0 Å². The fourth-order valence-electron chi connectivity index (χ4n) is 5.62. The molecule has 5 nitrogen and oxygen atoms in total. The van der Waals surface area contributed by atoms with Crippen molar-refractivity contribution in [2.45, 2.75) is 29.8 Å². The Labute approximate surface area is 143 Å². The third-order valence-electron chi connectivity index (χ3n) is 6.28. The van der Waals surface area contributed by atoms with E-state index in [0.717, 1.165) is 17.9 Å².